The van der Waals surface area contributed by atoms with Gasteiger partial charge < -0.3 is 4.90 Å². The lowest BCUT2D eigenvalue weighted by molar-refractivity contribution is -0.125. The van der Waals surface area contributed by atoms with E-state index in [9.17, 15) is 4.79 Å². The molecular formula is C14H15NO. The Morgan fingerprint density at radius 1 is 1.38 bits per heavy atom. The number of carbonyl (C=O) groups excluding carboxylic acids is 1. The minimum atomic E-state index is 0.110. The summed E-state index contributed by atoms with van der Waals surface area (Å²) in [7, 11) is 0. The highest BCUT2D eigenvalue weighted by atomic mass is 16.2. The van der Waals surface area contributed by atoms with Gasteiger partial charge in [0, 0.05) is 18.0 Å². The standard InChI is InChI=1S/C14H15NO/c1-14-9-6-7-13(16)15(14)12-5-3-2-4-10(12)11(14)8-9/h2-5,9,11H,6-8H2,1H3/t9-,11-,14-/m0/s1. The van der Waals surface area contributed by atoms with E-state index in [2.05, 4.69) is 30.0 Å². The van der Waals surface area contributed by atoms with Crippen LogP contribution < -0.4 is 4.90 Å². The molecule has 2 nitrogen and oxygen atoms in total. The molecule has 3 atom stereocenters. The summed E-state index contributed by atoms with van der Waals surface area (Å²) in [6, 6.07) is 8.45. The number of anilines is 1. The number of benzene rings is 1. The molecule has 2 aliphatic heterocycles. The van der Waals surface area contributed by atoms with Gasteiger partial charge in [0.25, 0.3) is 0 Å². The average Bonchev–Trinajstić information content (AvgIpc) is 2.51. The summed E-state index contributed by atoms with van der Waals surface area (Å²) in [5, 5.41) is 0. The van der Waals surface area contributed by atoms with E-state index in [1.165, 1.54) is 17.7 Å². The van der Waals surface area contributed by atoms with Crippen LogP contribution in [0.2, 0.25) is 0 Å². The predicted octanol–water partition coefficient (Wildman–Crippen LogP) is 2.69. The van der Waals surface area contributed by atoms with Gasteiger partial charge in [0.2, 0.25) is 5.91 Å². The SMILES string of the molecule is C[C@@]12[C@H]3CCC(=O)N1c1ccccc1[C@@H]2C3. The van der Waals surface area contributed by atoms with Crippen LogP contribution in [0.3, 0.4) is 0 Å². The fourth-order valence-corrected chi connectivity index (χ4v) is 4.13. The van der Waals surface area contributed by atoms with E-state index in [4.69, 9.17) is 0 Å². The van der Waals surface area contributed by atoms with Crippen molar-refractivity contribution < 1.29 is 4.79 Å². The number of carbonyl (C=O) groups is 1. The molecule has 16 heavy (non-hydrogen) atoms. The first-order valence-corrected chi connectivity index (χ1v) is 6.15. The van der Waals surface area contributed by atoms with Gasteiger partial charge in [0.15, 0.2) is 0 Å². The molecule has 1 aromatic rings. The minimum Gasteiger partial charge on any atom is -0.305 e. The molecule has 0 bridgehead atoms. The van der Waals surface area contributed by atoms with Crippen molar-refractivity contribution in [3.8, 4) is 0 Å². The third kappa shape index (κ3) is 0.731. The molecule has 82 valence electrons. The highest BCUT2D eigenvalue weighted by Gasteiger charge is 2.63. The van der Waals surface area contributed by atoms with E-state index in [0.29, 0.717) is 11.8 Å². The van der Waals surface area contributed by atoms with Crippen LogP contribution in [0.4, 0.5) is 5.69 Å². The summed E-state index contributed by atoms with van der Waals surface area (Å²) in [5.41, 5.74) is 2.69. The highest BCUT2D eigenvalue weighted by molar-refractivity contribution is 5.99. The lowest BCUT2D eigenvalue weighted by atomic mass is 9.56. The fourth-order valence-electron chi connectivity index (χ4n) is 4.13. The largest absolute Gasteiger partial charge is 0.305 e. The van der Waals surface area contributed by atoms with Gasteiger partial charge in [-0.3, -0.25) is 4.79 Å². The molecule has 3 aliphatic rings. The Labute approximate surface area is 95.3 Å². The monoisotopic (exact) mass is 213 g/mol. The van der Waals surface area contributed by atoms with E-state index in [1.54, 1.807) is 0 Å². The molecule has 1 saturated carbocycles. The van der Waals surface area contributed by atoms with Crippen molar-refractivity contribution in [3.63, 3.8) is 0 Å². The Morgan fingerprint density at radius 2 is 2.19 bits per heavy atom. The third-order valence-corrected chi connectivity index (χ3v) is 5.04. The topological polar surface area (TPSA) is 20.3 Å². The third-order valence-electron chi connectivity index (χ3n) is 5.04. The van der Waals surface area contributed by atoms with Crippen molar-refractivity contribution in [2.75, 3.05) is 4.90 Å². The van der Waals surface area contributed by atoms with Crippen LogP contribution in [0.25, 0.3) is 0 Å². The van der Waals surface area contributed by atoms with Crippen LogP contribution in [-0.2, 0) is 4.79 Å². The zero-order valence-corrected chi connectivity index (χ0v) is 9.44. The van der Waals surface area contributed by atoms with Crippen LogP contribution in [0.1, 0.15) is 37.7 Å². The maximum atomic E-state index is 12.1. The molecule has 2 fully saturated rings. The second-order valence-electron chi connectivity index (χ2n) is 5.54. The van der Waals surface area contributed by atoms with E-state index in [0.717, 1.165) is 18.8 Å². The van der Waals surface area contributed by atoms with Crippen LogP contribution in [0, 0.1) is 5.92 Å². The van der Waals surface area contributed by atoms with Gasteiger partial charge in [-0.05, 0) is 37.3 Å². The summed E-state index contributed by atoms with van der Waals surface area (Å²) < 4.78 is 0. The second-order valence-corrected chi connectivity index (χ2v) is 5.54. The Kier molecular flexibility index (Phi) is 1.38. The zero-order valence-electron chi connectivity index (χ0n) is 9.44. The summed E-state index contributed by atoms with van der Waals surface area (Å²) in [5.74, 6) is 1.65. The number of piperidine rings is 1. The Morgan fingerprint density at radius 3 is 3.06 bits per heavy atom. The highest BCUT2D eigenvalue weighted by Crippen LogP contribution is 2.64. The van der Waals surface area contributed by atoms with Crippen molar-refractivity contribution in [1.82, 2.24) is 0 Å². The van der Waals surface area contributed by atoms with E-state index in [-0.39, 0.29) is 5.54 Å². The Balaban J connectivity index is 1.96. The zero-order chi connectivity index (χ0) is 10.9. The quantitative estimate of drug-likeness (QED) is 0.649. The van der Waals surface area contributed by atoms with Crippen molar-refractivity contribution >= 4 is 11.6 Å². The van der Waals surface area contributed by atoms with Crippen molar-refractivity contribution in [2.24, 2.45) is 5.92 Å². The predicted molar refractivity (Wildman–Crippen MR) is 62.4 cm³/mol. The maximum Gasteiger partial charge on any atom is 0.227 e. The van der Waals surface area contributed by atoms with Crippen molar-refractivity contribution in [3.05, 3.63) is 29.8 Å². The number of fused-ring (bicyclic) bond motifs is 3. The molecule has 2 heterocycles. The normalized spacial score (nSPS) is 39.1. The summed E-state index contributed by atoms with van der Waals surface area (Å²) in [6.07, 6.45) is 3.11. The van der Waals surface area contributed by atoms with Gasteiger partial charge in [-0.2, -0.15) is 0 Å². The molecule has 0 aromatic heterocycles. The van der Waals surface area contributed by atoms with E-state index in [1.807, 2.05) is 6.07 Å². The maximum absolute atomic E-state index is 12.1. The number of amides is 1. The van der Waals surface area contributed by atoms with Gasteiger partial charge in [-0.15, -0.1) is 0 Å². The lowest BCUT2D eigenvalue weighted by Gasteiger charge is -2.57. The molecule has 4 rings (SSSR count). The molecule has 0 spiro atoms. The van der Waals surface area contributed by atoms with Gasteiger partial charge in [0.05, 0.1) is 5.54 Å². The first kappa shape index (κ1) is 8.80. The molecular weight excluding hydrogens is 198 g/mol. The van der Waals surface area contributed by atoms with E-state index >= 15 is 0 Å². The average molecular weight is 213 g/mol. The number of nitrogens with zero attached hydrogens (tertiary/aromatic N) is 1. The summed E-state index contributed by atoms with van der Waals surface area (Å²) in [4.78, 5) is 14.2. The second kappa shape index (κ2) is 2.50. The van der Waals surface area contributed by atoms with Gasteiger partial charge in [-0.1, -0.05) is 18.2 Å². The molecule has 0 radical (unpaired) electrons. The molecule has 1 saturated heterocycles. The van der Waals surface area contributed by atoms with Gasteiger partial charge in [0.1, 0.15) is 0 Å². The number of hydrogen-bond acceptors (Lipinski definition) is 1. The molecule has 0 unspecified atom stereocenters. The molecule has 0 N–H and O–H groups in total. The molecule has 2 heteroatoms. The summed E-state index contributed by atoms with van der Waals surface area (Å²) in [6.45, 7) is 2.28. The number of hydrogen-bond donors (Lipinski definition) is 0. The van der Waals surface area contributed by atoms with Crippen LogP contribution in [0.15, 0.2) is 24.3 Å². The van der Waals surface area contributed by atoms with Crippen LogP contribution >= 0.6 is 0 Å². The summed E-state index contributed by atoms with van der Waals surface area (Å²) >= 11 is 0. The van der Waals surface area contributed by atoms with Gasteiger partial charge >= 0.3 is 0 Å². The lowest BCUT2D eigenvalue weighted by Crippen LogP contribution is -2.64. The van der Waals surface area contributed by atoms with Crippen LogP contribution in [0.5, 0.6) is 0 Å². The minimum absolute atomic E-state index is 0.110. The molecule has 1 aromatic carbocycles. The van der Waals surface area contributed by atoms with Crippen molar-refractivity contribution in [2.45, 2.75) is 37.6 Å². The number of rotatable bonds is 0. The fraction of sp³-hybridized carbons (Fsp3) is 0.500. The van der Waals surface area contributed by atoms with Gasteiger partial charge in [-0.25, -0.2) is 0 Å². The Bertz CT molecular complexity index is 495. The first-order chi connectivity index (χ1) is 7.73. The molecule has 1 aliphatic carbocycles. The first-order valence-electron chi connectivity index (χ1n) is 6.15. The molecule has 1 amide bonds. The number of para-hydroxylation sites is 1. The van der Waals surface area contributed by atoms with Crippen molar-refractivity contribution in [1.29, 1.82) is 0 Å². The van der Waals surface area contributed by atoms with Crippen LogP contribution in [-0.4, -0.2) is 11.4 Å². The van der Waals surface area contributed by atoms with E-state index < -0.39 is 0 Å². The smallest absolute Gasteiger partial charge is 0.227 e. The Hall–Kier alpha value is -1.31.